The largest absolute Gasteiger partial charge is 0.348 e. The van der Waals surface area contributed by atoms with Crippen molar-refractivity contribution in [2.75, 3.05) is 27.2 Å². The Morgan fingerprint density at radius 1 is 1.34 bits per heavy atom. The molecule has 1 N–H and O–H groups in total. The number of aromatic nitrogens is 3. The number of carbonyl (C=O) groups excluding carboxylic acids is 2. The third-order valence-corrected chi connectivity index (χ3v) is 6.00. The Hall–Kier alpha value is -3.13. The summed E-state index contributed by atoms with van der Waals surface area (Å²) in [6, 6.07) is 4.96. The molecule has 1 aromatic carbocycles. The second kappa shape index (κ2) is 8.78. The first-order valence-corrected chi connectivity index (χ1v) is 10.8. The van der Waals surface area contributed by atoms with Gasteiger partial charge in [0.2, 0.25) is 5.91 Å². The van der Waals surface area contributed by atoms with Crippen LogP contribution in [0.25, 0.3) is 16.5 Å². The monoisotopic (exact) mass is 457 g/mol. The van der Waals surface area contributed by atoms with Crippen molar-refractivity contribution in [1.82, 2.24) is 24.6 Å². The molecule has 0 spiro atoms. The fraction of sp³-hybridized carbons (Fsp3) is 0.348. The first kappa shape index (κ1) is 22.1. The number of nitrogens with one attached hydrogen (secondary N) is 1. The van der Waals surface area contributed by atoms with Crippen LogP contribution in [0.3, 0.4) is 0 Å². The third kappa shape index (κ3) is 4.14. The van der Waals surface area contributed by atoms with E-state index >= 15 is 4.39 Å². The molecule has 2 amide bonds. The summed E-state index contributed by atoms with van der Waals surface area (Å²) in [5, 5.41) is 4.96. The van der Waals surface area contributed by atoms with Gasteiger partial charge >= 0.3 is 0 Å². The molecule has 0 unspecified atom stereocenters. The lowest BCUT2D eigenvalue weighted by molar-refractivity contribution is -0.135. The number of rotatable bonds is 5. The molecule has 0 aliphatic carbocycles. The van der Waals surface area contributed by atoms with Crippen LogP contribution in [0.4, 0.5) is 4.39 Å². The molecule has 168 valence electrons. The van der Waals surface area contributed by atoms with Crippen molar-refractivity contribution in [3.8, 4) is 0 Å². The summed E-state index contributed by atoms with van der Waals surface area (Å²) >= 11 is 6.45. The van der Waals surface area contributed by atoms with Crippen LogP contribution in [0, 0.1) is 11.7 Å². The van der Waals surface area contributed by atoms with E-state index in [9.17, 15) is 9.59 Å². The van der Waals surface area contributed by atoms with Gasteiger partial charge < -0.3 is 14.8 Å². The summed E-state index contributed by atoms with van der Waals surface area (Å²) in [7, 11) is 3.26. The van der Waals surface area contributed by atoms with Gasteiger partial charge in [-0.05, 0) is 30.2 Å². The van der Waals surface area contributed by atoms with Crippen LogP contribution in [0.5, 0.6) is 0 Å². The van der Waals surface area contributed by atoms with Crippen LogP contribution in [-0.2, 0) is 11.3 Å². The minimum absolute atomic E-state index is 0.00239. The van der Waals surface area contributed by atoms with E-state index in [-0.39, 0.29) is 28.9 Å². The number of benzene rings is 1. The molecule has 4 rings (SSSR count). The average molecular weight is 458 g/mol. The molecule has 0 saturated heterocycles. The Balaban J connectivity index is 1.59. The van der Waals surface area contributed by atoms with Gasteiger partial charge in [0, 0.05) is 50.5 Å². The zero-order valence-electron chi connectivity index (χ0n) is 18.2. The Morgan fingerprint density at radius 3 is 2.81 bits per heavy atom. The van der Waals surface area contributed by atoms with Gasteiger partial charge in [0.1, 0.15) is 5.69 Å². The van der Waals surface area contributed by atoms with Crippen molar-refractivity contribution in [3.63, 3.8) is 0 Å². The number of amides is 2. The van der Waals surface area contributed by atoms with E-state index in [4.69, 9.17) is 11.6 Å². The van der Waals surface area contributed by atoms with Gasteiger partial charge in [0.15, 0.2) is 5.82 Å². The van der Waals surface area contributed by atoms with Crippen LogP contribution in [0.15, 0.2) is 36.7 Å². The molecule has 0 fully saturated rings. The Morgan fingerprint density at radius 2 is 2.12 bits per heavy atom. The molecule has 1 atom stereocenters. The van der Waals surface area contributed by atoms with Crippen molar-refractivity contribution in [1.29, 1.82) is 0 Å². The van der Waals surface area contributed by atoms with Gasteiger partial charge in [-0.25, -0.2) is 4.39 Å². The fourth-order valence-corrected chi connectivity index (χ4v) is 4.27. The fourth-order valence-electron chi connectivity index (χ4n) is 4.01. The van der Waals surface area contributed by atoms with Crippen LogP contribution in [-0.4, -0.2) is 63.6 Å². The summed E-state index contributed by atoms with van der Waals surface area (Å²) in [6.45, 7) is 3.23. The summed E-state index contributed by atoms with van der Waals surface area (Å²) in [5.41, 5.74) is 1.50. The Bertz CT molecular complexity index is 1200. The lowest BCUT2D eigenvalue weighted by Crippen LogP contribution is -2.40. The lowest BCUT2D eigenvalue weighted by Gasteiger charge is -2.30. The summed E-state index contributed by atoms with van der Waals surface area (Å²) in [6.07, 6.45) is 6.07. The Labute approximate surface area is 190 Å². The number of carbonyl (C=O) groups is 2. The number of hydrogen-bond acceptors (Lipinski definition) is 3. The van der Waals surface area contributed by atoms with Crippen molar-refractivity contribution in [3.05, 3.63) is 58.8 Å². The van der Waals surface area contributed by atoms with Gasteiger partial charge in [-0.2, -0.15) is 5.10 Å². The first-order chi connectivity index (χ1) is 15.3. The van der Waals surface area contributed by atoms with E-state index in [2.05, 4.69) is 10.1 Å². The van der Waals surface area contributed by atoms with E-state index in [1.807, 2.05) is 25.3 Å². The topological polar surface area (TPSA) is 74.2 Å². The molecule has 3 aromatic rings. The number of H-pyrrole nitrogens is 1. The zero-order valence-corrected chi connectivity index (χ0v) is 19.0. The molecule has 1 aliphatic rings. The van der Waals surface area contributed by atoms with E-state index in [1.54, 1.807) is 42.0 Å². The molecule has 2 aromatic heterocycles. The molecule has 3 heterocycles. The highest BCUT2D eigenvalue weighted by atomic mass is 35.5. The number of hydrogen-bond donors (Lipinski definition) is 1. The van der Waals surface area contributed by atoms with Crippen LogP contribution in [0.2, 0.25) is 5.02 Å². The number of fused-ring (bicyclic) bond motifs is 1. The molecule has 1 aliphatic heterocycles. The van der Waals surface area contributed by atoms with Gasteiger partial charge in [-0.3, -0.25) is 14.3 Å². The van der Waals surface area contributed by atoms with Gasteiger partial charge in [-0.15, -0.1) is 0 Å². The highest BCUT2D eigenvalue weighted by Gasteiger charge is 2.26. The molecule has 9 heteroatoms. The molecule has 32 heavy (non-hydrogen) atoms. The molecular weight excluding hydrogens is 433 g/mol. The van der Waals surface area contributed by atoms with Crippen LogP contribution in [0.1, 0.15) is 29.4 Å². The Kier molecular flexibility index (Phi) is 6.06. The molecule has 0 bridgehead atoms. The smallest absolute Gasteiger partial charge is 0.269 e. The minimum atomic E-state index is -0.479. The molecule has 7 nitrogen and oxygen atoms in total. The van der Waals surface area contributed by atoms with Crippen molar-refractivity contribution >= 4 is 39.9 Å². The van der Waals surface area contributed by atoms with Gasteiger partial charge in [-0.1, -0.05) is 24.6 Å². The van der Waals surface area contributed by atoms with E-state index in [0.29, 0.717) is 47.6 Å². The maximum absolute atomic E-state index is 15.5. The predicted molar refractivity (Wildman–Crippen MR) is 122 cm³/mol. The number of aromatic amines is 1. The normalized spacial score (nSPS) is 15.0. The molecule has 0 saturated carbocycles. The summed E-state index contributed by atoms with van der Waals surface area (Å²) < 4.78 is 17.2. The van der Waals surface area contributed by atoms with Crippen molar-refractivity contribution < 1.29 is 14.0 Å². The maximum Gasteiger partial charge on any atom is 0.269 e. The quantitative estimate of drug-likeness (QED) is 0.633. The van der Waals surface area contributed by atoms with E-state index < -0.39 is 5.82 Å². The van der Waals surface area contributed by atoms with E-state index in [0.717, 1.165) is 0 Å². The third-order valence-electron chi connectivity index (χ3n) is 5.69. The standard InChI is InChI=1S/C23H25ClFN5O2/c1-14(12-30-9-5-7-26-30)22(31)29-8-4-6-15(13-29)16-10-18(24)17-11-19(23(32)28(2)3)27-21(17)20(16)25/h5-7,9-11,14,27H,4,8,12-13H2,1-3H3/t14-/m0/s1. The second-order valence-corrected chi connectivity index (χ2v) is 8.71. The second-order valence-electron chi connectivity index (χ2n) is 8.30. The first-order valence-electron chi connectivity index (χ1n) is 10.4. The summed E-state index contributed by atoms with van der Waals surface area (Å²) in [4.78, 5) is 31.3. The predicted octanol–water partition coefficient (Wildman–Crippen LogP) is 3.81. The van der Waals surface area contributed by atoms with Crippen molar-refractivity contribution in [2.24, 2.45) is 5.92 Å². The minimum Gasteiger partial charge on any atom is -0.348 e. The van der Waals surface area contributed by atoms with Gasteiger partial charge in [0.05, 0.1) is 23.0 Å². The van der Waals surface area contributed by atoms with E-state index in [1.165, 1.54) is 4.90 Å². The molecule has 0 radical (unpaired) electrons. The number of halogens is 2. The maximum atomic E-state index is 15.5. The highest BCUT2D eigenvalue weighted by molar-refractivity contribution is 6.36. The molecular formula is C23H25ClFN5O2. The SMILES string of the molecule is C[C@@H](Cn1cccn1)C(=O)N1CCC=C(c2cc(Cl)c3cc(C(=O)N(C)C)[nH]c3c2F)C1. The summed E-state index contributed by atoms with van der Waals surface area (Å²) in [5.74, 6) is -1.00. The van der Waals surface area contributed by atoms with Crippen molar-refractivity contribution in [2.45, 2.75) is 19.9 Å². The highest BCUT2D eigenvalue weighted by Crippen LogP contribution is 2.34. The lowest BCUT2D eigenvalue weighted by atomic mass is 9.98. The average Bonchev–Trinajstić information content (AvgIpc) is 3.45. The van der Waals surface area contributed by atoms with Crippen LogP contribution < -0.4 is 0 Å². The number of nitrogens with zero attached hydrogens (tertiary/aromatic N) is 4. The van der Waals surface area contributed by atoms with Gasteiger partial charge in [0.25, 0.3) is 5.91 Å². The zero-order chi connectivity index (χ0) is 23.0. The van der Waals surface area contributed by atoms with Crippen LogP contribution >= 0.6 is 11.6 Å².